The summed E-state index contributed by atoms with van der Waals surface area (Å²) in [5.74, 6) is -0.945. The molecule has 1 rings (SSSR count). The van der Waals surface area contributed by atoms with Crippen LogP contribution in [0, 0.1) is 0 Å². The first-order valence-corrected chi connectivity index (χ1v) is 6.22. The van der Waals surface area contributed by atoms with Crippen molar-refractivity contribution < 1.29 is 24.2 Å². The number of carboxylic acids is 1. The Hall–Kier alpha value is -2.08. The zero-order chi connectivity index (χ0) is 15.1. The Morgan fingerprint density at radius 3 is 2.60 bits per heavy atom. The van der Waals surface area contributed by atoms with E-state index in [2.05, 4.69) is 5.32 Å². The van der Waals surface area contributed by atoms with Gasteiger partial charge in [-0.1, -0.05) is 0 Å². The molecule has 0 spiro atoms. The second kappa shape index (κ2) is 7.49. The molecule has 0 saturated carbocycles. The van der Waals surface area contributed by atoms with E-state index in [9.17, 15) is 9.59 Å². The van der Waals surface area contributed by atoms with Crippen molar-refractivity contribution in [3.63, 3.8) is 0 Å². The van der Waals surface area contributed by atoms with Crippen LogP contribution in [-0.4, -0.2) is 37.3 Å². The average Bonchev–Trinajstić information content (AvgIpc) is 2.44. The minimum Gasteiger partial charge on any atom is -0.497 e. The van der Waals surface area contributed by atoms with Gasteiger partial charge in [-0.05, 0) is 31.5 Å². The molecular weight excluding hydrogens is 262 g/mol. The molecule has 110 valence electrons. The summed E-state index contributed by atoms with van der Waals surface area (Å²) in [5, 5.41) is 11.7. The Kier molecular flexibility index (Phi) is 5.99. The standard InChI is InChI=1S/C14H19NO5/c1-9(19-2)4-7-13(16)15-12-6-5-10(20-3)8-11(12)14(17)18/h5-6,8-9H,4,7H2,1-3H3,(H,15,16)(H,17,18). The van der Waals surface area contributed by atoms with Crippen LogP contribution in [0.5, 0.6) is 5.75 Å². The highest BCUT2D eigenvalue weighted by Crippen LogP contribution is 2.22. The SMILES string of the molecule is COc1ccc(NC(=O)CCC(C)OC)c(C(=O)O)c1. The molecule has 0 heterocycles. The Bertz CT molecular complexity index is 486. The van der Waals surface area contributed by atoms with Gasteiger partial charge < -0.3 is 19.9 Å². The molecule has 6 heteroatoms. The maximum atomic E-state index is 11.8. The molecule has 1 aromatic rings. The van der Waals surface area contributed by atoms with Crippen LogP contribution in [0.15, 0.2) is 18.2 Å². The minimum absolute atomic E-state index is 0.00232. The lowest BCUT2D eigenvalue weighted by Crippen LogP contribution is -2.17. The minimum atomic E-state index is -1.12. The second-order valence-electron chi connectivity index (χ2n) is 4.35. The molecular formula is C14H19NO5. The van der Waals surface area contributed by atoms with Crippen LogP contribution in [-0.2, 0) is 9.53 Å². The fourth-order valence-electron chi connectivity index (χ4n) is 1.60. The number of methoxy groups -OCH3 is 2. The van der Waals surface area contributed by atoms with Crippen molar-refractivity contribution in [2.75, 3.05) is 19.5 Å². The van der Waals surface area contributed by atoms with Gasteiger partial charge >= 0.3 is 5.97 Å². The molecule has 0 aliphatic carbocycles. The van der Waals surface area contributed by atoms with Gasteiger partial charge in [0.1, 0.15) is 5.75 Å². The molecule has 1 aromatic carbocycles. The fourth-order valence-corrected chi connectivity index (χ4v) is 1.60. The third kappa shape index (κ3) is 4.55. The zero-order valence-corrected chi connectivity index (χ0v) is 11.8. The fraction of sp³-hybridized carbons (Fsp3) is 0.429. The molecule has 0 aromatic heterocycles. The van der Waals surface area contributed by atoms with Gasteiger partial charge in [0.05, 0.1) is 24.5 Å². The predicted octanol–water partition coefficient (Wildman–Crippen LogP) is 2.15. The van der Waals surface area contributed by atoms with E-state index < -0.39 is 5.97 Å². The number of amides is 1. The van der Waals surface area contributed by atoms with Crippen molar-refractivity contribution in [1.29, 1.82) is 0 Å². The Labute approximate surface area is 117 Å². The van der Waals surface area contributed by atoms with Gasteiger partial charge in [-0.3, -0.25) is 4.79 Å². The average molecular weight is 281 g/mol. The van der Waals surface area contributed by atoms with E-state index in [-0.39, 0.29) is 29.7 Å². The first-order valence-electron chi connectivity index (χ1n) is 6.22. The number of ether oxygens (including phenoxy) is 2. The van der Waals surface area contributed by atoms with Gasteiger partial charge in [-0.2, -0.15) is 0 Å². The van der Waals surface area contributed by atoms with Crippen molar-refractivity contribution in [3.05, 3.63) is 23.8 Å². The molecule has 20 heavy (non-hydrogen) atoms. The summed E-state index contributed by atoms with van der Waals surface area (Å²) in [5.41, 5.74) is 0.255. The first-order chi connectivity index (χ1) is 9.47. The molecule has 1 unspecified atom stereocenters. The van der Waals surface area contributed by atoms with E-state index in [1.165, 1.54) is 19.2 Å². The van der Waals surface area contributed by atoms with Crippen LogP contribution < -0.4 is 10.1 Å². The number of benzene rings is 1. The summed E-state index contributed by atoms with van der Waals surface area (Å²) < 4.78 is 10.0. The van der Waals surface area contributed by atoms with Gasteiger partial charge in [0, 0.05) is 13.5 Å². The quantitative estimate of drug-likeness (QED) is 0.800. The van der Waals surface area contributed by atoms with Crippen LogP contribution in [0.2, 0.25) is 0 Å². The van der Waals surface area contributed by atoms with Crippen LogP contribution >= 0.6 is 0 Å². The smallest absolute Gasteiger partial charge is 0.337 e. The molecule has 0 radical (unpaired) electrons. The first kappa shape index (κ1) is 16.0. The number of rotatable bonds is 7. The molecule has 0 fully saturated rings. The van der Waals surface area contributed by atoms with E-state index in [4.69, 9.17) is 14.6 Å². The predicted molar refractivity (Wildman–Crippen MR) is 74.3 cm³/mol. The van der Waals surface area contributed by atoms with Crippen LogP contribution in [0.1, 0.15) is 30.1 Å². The van der Waals surface area contributed by atoms with Gasteiger partial charge in [0.15, 0.2) is 0 Å². The third-order valence-electron chi connectivity index (χ3n) is 2.91. The normalized spacial score (nSPS) is 11.8. The lowest BCUT2D eigenvalue weighted by molar-refractivity contribution is -0.116. The third-order valence-corrected chi connectivity index (χ3v) is 2.91. The highest BCUT2D eigenvalue weighted by Gasteiger charge is 2.14. The largest absolute Gasteiger partial charge is 0.497 e. The summed E-state index contributed by atoms with van der Waals surface area (Å²) in [6.45, 7) is 1.86. The zero-order valence-electron chi connectivity index (χ0n) is 11.8. The van der Waals surface area contributed by atoms with E-state index in [1.54, 1.807) is 13.2 Å². The van der Waals surface area contributed by atoms with Crippen LogP contribution in [0.4, 0.5) is 5.69 Å². The number of aromatic carboxylic acids is 1. The van der Waals surface area contributed by atoms with Crippen molar-refractivity contribution >= 4 is 17.6 Å². The number of carboxylic acid groups (broad SMARTS) is 1. The summed E-state index contributed by atoms with van der Waals surface area (Å²) in [6.07, 6.45) is 0.816. The van der Waals surface area contributed by atoms with Crippen LogP contribution in [0.25, 0.3) is 0 Å². The van der Waals surface area contributed by atoms with E-state index in [0.717, 1.165) is 0 Å². The number of nitrogens with one attached hydrogen (secondary N) is 1. The van der Waals surface area contributed by atoms with E-state index in [0.29, 0.717) is 12.2 Å². The van der Waals surface area contributed by atoms with E-state index in [1.807, 2.05) is 6.92 Å². The molecule has 1 atom stereocenters. The van der Waals surface area contributed by atoms with Gasteiger partial charge in [0.25, 0.3) is 0 Å². The van der Waals surface area contributed by atoms with Gasteiger partial charge in [0.2, 0.25) is 5.91 Å². The summed E-state index contributed by atoms with van der Waals surface area (Å²) >= 11 is 0. The number of anilines is 1. The Morgan fingerprint density at radius 1 is 1.35 bits per heavy atom. The summed E-state index contributed by atoms with van der Waals surface area (Å²) in [4.78, 5) is 22.9. The number of hydrogen-bond acceptors (Lipinski definition) is 4. The van der Waals surface area contributed by atoms with Crippen molar-refractivity contribution in [2.45, 2.75) is 25.9 Å². The van der Waals surface area contributed by atoms with Gasteiger partial charge in [-0.15, -0.1) is 0 Å². The van der Waals surface area contributed by atoms with Crippen molar-refractivity contribution in [3.8, 4) is 5.75 Å². The second-order valence-corrected chi connectivity index (χ2v) is 4.35. The highest BCUT2D eigenvalue weighted by atomic mass is 16.5. The summed E-state index contributed by atoms with van der Waals surface area (Å²) in [6, 6.07) is 4.48. The molecule has 6 nitrogen and oxygen atoms in total. The molecule has 1 amide bonds. The number of carbonyl (C=O) groups is 2. The maximum Gasteiger partial charge on any atom is 0.337 e. The molecule has 0 bridgehead atoms. The Balaban J connectivity index is 2.76. The Morgan fingerprint density at radius 2 is 2.05 bits per heavy atom. The molecule has 0 aliphatic rings. The number of carbonyl (C=O) groups excluding carboxylic acids is 1. The van der Waals surface area contributed by atoms with Crippen LogP contribution in [0.3, 0.4) is 0 Å². The van der Waals surface area contributed by atoms with Crippen molar-refractivity contribution in [1.82, 2.24) is 0 Å². The summed E-state index contributed by atoms with van der Waals surface area (Å²) in [7, 11) is 3.03. The molecule has 0 saturated heterocycles. The number of hydrogen-bond donors (Lipinski definition) is 2. The monoisotopic (exact) mass is 281 g/mol. The highest BCUT2D eigenvalue weighted by molar-refractivity contribution is 6.00. The maximum absolute atomic E-state index is 11.8. The molecule has 0 aliphatic heterocycles. The van der Waals surface area contributed by atoms with Crippen molar-refractivity contribution in [2.24, 2.45) is 0 Å². The topological polar surface area (TPSA) is 84.9 Å². The lowest BCUT2D eigenvalue weighted by Gasteiger charge is -2.11. The van der Waals surface area contributed by atoms with Gasteiger partial charge in [-0.25, -0.2) is 4.79 Å². The molecule has 2 N–H and O–H groups in total. The van der Waals surface area contributed by atoms with E-state index >= 15 is 0 Å². The lowest BCUT2D eigenvalue weighted by atomic mass is 10.1.